The van der Waals surface area contributed by atoms with Crippen molar-refractivity contribution < 1.29 is 0 Å². The number of fused-ring (bicyclic) bond motifs is 13. The minimum absolute atomic E-state index is 0.400. The van der Waals surface area contributed by atoms with E-state index in [-0.39, 0.29) is 0 Å². The Hall–Kier alpha value is -6.12. The first-order valence-corrected chi connectivity index (χ1v) is 16.5. The van der Waals surface area contributed by atoms with E-state index >= 15 is 0 Å². The van der Waals surface area contributed by atoms with E-state index in [2.05, 4.69) is 151 Å². The first-order valence-electron chi connectivity index (χ1n) is 16.5. The van der Waals surface area contributed by atoms with Crippen LogP contribution in [0.5, 0.6) is 0 Å². The Kier molecular flexibility index (Phi) is 6.28. The SMILES string of the molecule is C=C/C=C\C(Nc1ccc(-c2ccc3c4c(ccc3c2)-c2cc3ccccc3cc2C42c3ccccc3-c3ccccc32)cc1)=C(/C)N. The van der Waals surface area contributed by atoms with E-state index in [1.807, 2.05) is 19.1 Å². The molecule has 0 amide bonds. The molecule has 0 bridgehead atoms. The van der Waals surface area contributed by atoms with Crippen molar-refractivity contribution in [3.63, 3.8) is 0 Å². The minimum Gasteiger partial charge on any atom is -0.401 e. The van der Waals surface area contributed by atoms with Crippen LogP contribution in [0.4, 0.5) is 5.69 Å². The second kappa shape index (κ2) is 10.7. The highest BCUT2D eigenvalue weighted by Gasteiger charge is 2.52. The second-order valence-electron chi connectivity index (χ2n) is 12.9. The van der Waals surface area contributed by atoms with E-state index in [4.69, 9.17) is 5.73 Å². The molecule has 0 aliphatic heterocycles. The van der Waals surface area contributed by atoms with Gasteiger partial charge in [0.2, 0.25) is 0 Å². The molecule has 7 aromatic carbocycles. The smallest absolute Gasteiger partial charge is 0.0731 e. The third kappa shape index (κ3) is 3.99. The summed E-state index contributed by atoms with van der Waals surface area (Å²) >= 11 is 0. The van der Waals surface area contributed by atoms with Crippen LogP contribution >= 0.6 is 0 Å². The van der Waals surface area contributed by atoms with E-state index in [0.717, 1.165) is 17.1 Å². The van der Waals surface area contributed by atoms with Crippen LogP contribution in [0.15, 0.2) is 176 Å². The number of nitrogens with two attached hydrogens (primary N) is 1. The molecule has 7 aromatic rings. The molecule has 9 rings (SSSR count). The quantitative estimate of drug-likeness (QED) is 0.189. The van der Waals surface area contributed by atoms with Crippen molar-refractivity contribution in [3.05, 3.63) is 198 Å². The van der Waals surface area contributed by atoms with Crippen molar-refractivity contribution in [1.82, 2.24) is 0 Å². The van der Waals surface area contributed by atoms with Gasteiger partial charge in [-0.05, 0) is 121 Å². The van der Waals surface area contributed by atoms with Crippen LogP contribution < -0.4 is 11.1 Å². The van der Waals surface area contributed by atoms with Gasteiger partial charge in [0.1, 0.15) is 0 Å². The molecule has 0 fully saturated rings. The maximum absolute atomic E-state index is 6.12. The van der Waals surface area contributed by atoms with Gasteiger partial charge in [-0.1, -0.05) is 128 Å². The zero-order valence-electron chi connectivity index (χ0n) is 26.8. The number of rotatable bonds is 5. The normalized spacial score (nSPS) is 14.1. The summed E-state index contributed by atoms with van der Waals surface area (Å²) in [6.45, 7) is 5.66. The van der Waals surface area contributed by atoms with E-state index in [9.17, 15) is 0 Å². The highest BCUT2D eigenvalue weighted by atomic mass is 14.9. The Balaban J connectivity index is 1.24. The second-order valence-corrected chi connectivity index (χ2v) is 12.9. The average Bonchev–Trinajstić information content (AvgIpc) is 3.59. The molecule has 0 aromatic heterocycles. The molecule has 3 N–H and O–H groups in total. The molecule has 0 unspecified atom stereocenters. The predicted molar refractivity (Wildman–Crippen MR) is 203 cm³/mol. The maximum Gasteiger partial charge on any atom is 0.0731 e. The molecular formula is C46H34N2. The van der Waals surface area contributed by atoms with Crippen LogP contribution in [0, 0.1) is 0 Å². The summed E-state index contributed by atoms with van der Waals surface area (Å²) in [6.07, 6.45) is 5.56. The van der Waals surface area contributed by atoms with Crippen molar-refractivity contribution in [1.29, 1.82) is 0 Å². The van der Waals surface area contributed by atoms with Crippen molar-refractivity contribution in [2.24, 2.45) is 5.73 Å². The zero-order valence-corrected chi connectivity index (χ0v) is 26.8. The van der Waals surface area contributed by atoms with Gasteiger partial charge in [0.05, 0.1) is 11.1 Å². The molecule has 228 valence electrons. The number of benzene rings is 7. The van der Waals surface area contributed by atoms with Crippen LogP contribution in [-0.4, -0.2) is 0 Å². The molecule has 2 heteroatoms. The van der Waals surface area contributed by atoms with Crippen LogP contribution in [0.25, 0.3) is 54.9 Å². The van der Waals surface area contributed by atoms with E-state index in [1.54, 1.807) is 6.08 Å². The highest BCUT2D eigenvalue weighted by molar-refractivity contribution is 6.06. The number of hydrogen-bond donors (Lipinski definition) is 2. The first-order chi connectivity index (χ1) is 23.6. The molecule has 2 aliphatic carbocycles. The van der Waals surface area contributed by atoms with Crippen molar-refractivity contribution in [2.45, 2.75) is 12.3 Å². The number of anilines is 1. The molecular weight excluding hydrogens is 581 g/mol. The Labute approximate surface area is 281 Å². The molecule has 0 heterocycles. The average molecular weight is 615 g/mol. The molecule has 0 saturated heterocycles. The molecule has 48 heavy (non-hydrogen) atoms. The van der Waals surface area contributed by atoms with Gasteiger partial charge in [-0.2, -0.15) is 0 Å². The van der Waals surface area contributed by atoms with Gasteiger partial charge >= 0.3 is 0 Å². The lowest BCUT2D eigenvalue weighted by molar-refractivity contribution is 0.802. The Morgan fingerprint density at radius 1 is 0.604 bits per heavy atom. The van der Waals surface area contributed by atoms with Gasteiger partial charge in [0.15, 0.2) is 0 Å². The van der Waals surface area contributed by atoms with Gasteiger partial charge in [-0.25, -0.2) is 0 Å². The van der Waals surface area contributed by atoms with E-state index in [1.165, 1.54) is 77.2 Å². The molecule has 1 spiro atoms. The van der Waals surface area contributed by atoms with Crippen LogP contribution in [0.3, 0.4) is 0 Å². The summed E-state index contributed by atoms with van der Waals surface area (Å²) in [5.41, 5.74) is 21.4. The van der Waals surface area contributed by atoms with Crippen LogP contribution in [-0.2, 0) is 5.41 Å². The third-order valence-electron chi connectivity index (χ3n) is 10.2. The van der Waals surface area contributed by atoms with Gasteiger partial charge in [-0.15, -0.1) is 0 Å². The number of allylic oxidation sites excluding steroid dienone is 4. The standard InChI is InChI=1S/C46H34N2/c1-3-4-17-44(29(2)47)48-35-22-18-30(19-23-35)33-20-24-36-34(26-33)21-25-39-40-27-31-11-5-6-12-32(31)28-43(40)46(45(36)39)41-15-9-7-13-37(41)38-14-8-10-16-42(38)46/h3-28,48H,1,47H2,2H3/b17-4-,44-29-. The Morgan fingerprint density at radius 3 is 1.94 bits per heavy atom. The van der Waals surface area contributed by atoms with Gasteiger partial charge in [0, 0.05) is 11.4 Å². The van der Waals surface area contributed by atoms with Gasteiger partial charge in [-0.3, -0.25) is 0 Å². The fourth-order valence-corrected chi connectivity index (χ4v) is 8.18. The summed E-state index contributed by atoms with van der Waals surface area (Å²) in [5.74, 6) is 0. The van der Waals surface area contributed by atoms with Crippen LogP contribution in [0.1, 0.15) is 29.2 Å². The highest BCUT2D eigenvalue weighted by Crippen LogP contribution is 2.64. The van der Waals surface area contributed by atoms with Crippen molar-refractivity contribution in [2.75, 3.05) is 5.32 Å². The summed E-state index contributed by atoms with van der Waals surface area (Å²) in [7, 11) is 0. The lowest BCUT2D eigenvalue weighted by Gasteiger charge is -2.31. The van der Waals surface area contributed by atoms with Crippen molar-refractivity contribution >= 4 is 27.2 Å². The fraction of sp³-hybridized carbons (Fsp3) is 0.0435. The lowest BCUT2D eigenvalue weighted by Crippen LogP contribution is -2.26. The van der Waals surface area contributed by atoms with E-state index in [0.29, 0.717) is 0 Å². The summed E-state index contributed by atoms with van der Waals surface area (Å²) in [6, 6.07) is 51.9. The number of hydrogen-bond acceptors (Lipinski definition) is 2. The molecule has 0 saturated carbocycles. The monoisotopic (exact) mass is 614 g/mol. The first kappa shape index (κ1) is 28.1. The predicted octanol–water partition coefficient (Wildman–Crippen LogP) is 11.3. The summed E-state index contributed by atoms with van der Waals surface area (Å²) in [4.78, 5) is 0. The number of nitrogens with one attached hydrogen (secondary N) is 1. The lowest BCUT2D eigenvalue weighted by atomic mass is 9.69. The van der Waals surface area contributed by atoms with Gasteiger partial charge in [0.25, 0.3) is 0 Å². The van der Waals surface area contributed by atoms with Crippen molar-refractivity contribution in [3.8, 4) is 33.4 Å². The molecule has 0 atom stereocenters. The van der Waals surface area contributed by atoms with E-state index < -0.39 is 5.41 Å². The Morgan fingerprint density at radius 2 is 1.25 bits per heavy atom. The molecule has 2 nitrogen and oxygen atoms in total. The van der Waals surface area contributed by atoms with Gasteiger partial charge < -0.3 is 11.1 Å². The minimum atomic E-state index is -0.400. The fourth-order valence-electron chi connectivity index (χ4n) is 8.18. The molecule has 2 aliphatic rings. The topological polar surface area (TPSA) is 38.0 Å². The van der Waals surface area contributed by atoms with Crippen LogP contribution in [0.2, 0.25) is 0 Å². The molecule has 0 radical (unpaired) electrons. The summed E-state index contributed by atoms with van der Waals surface area (Å²) < 4.78 is 0. The Bertz CT molecular complexity index is 2460. The zero-order chi connectivity index (χ0) is 32.4. The maximum atomic E-state index is 6.12. The summed E-state index contributed by atoms with van der Waals surface area (Å²) in [5, 5.41) is 8.52. The third-order valence-corrected chi connectivity index (χ3v) is 10.2. The largest absolute Gasteiger partial charge is 0.401 e.